The summed E-state index contributed by atoms with van der Waals surface area (Å²) in [5.74, 6) is 0.0135. The van der Waals surface area contributed by atoms with Gasteiger partial charge in [0.15, 0.2) is 0 Å². The smallest absolute Gasteiger partial charge is 0.355 e. The summed E-state index contributed by atoms with van der Waals surface area (Å²) in [5.41, 5.74) is 0.205. The Hall–Kier alpha value is -3.74. The Labute approximate surface area is 155 Å². The van der Waals surface area contributed by atoms with E-state index in [1.54, 1.807) is 48.5 Å². The van der Waals surface area contributed by atoms with E-state index in [1.165, 1.54) is 25.7 Å². The van der Waals surface area contributed by atoms with Crippen molar-refractivity contribution in [1.82, 2.24) is 5.32 Å². The molecule has 0 spiro atoms. The summed E-state index contributed by atoms with van der Waals surface area (Å²) < 4.78 is 20.7. The van der Waals surface area contributed by atoms with Gasteiger partial charge in [-0.25, -0.2) is 4.79 Å². The van der Waals surface area contributed by atoms with E-state index in [0.29, 0.717) is 17.3 Å². The fourth-order valence-electron chi connectivity index (χ4n) is 2.29. The van der Waals surface area contributed by atoms with Crippen LogP contribution in [0.1, 0.15) is 21.9 Å². The Morgan fingerprint density at radius 2 is 1.81 bits per heavy atom. The second-order valence-electron chi connectivity index (χ2n) is 5.38. The van der Waals surface area contributed by atoms with Crippen LogP contribution in [0.4, 0.5) is 0 Å². The minimum Gasteiger partial charge on any atom is -0.496 e. The lowest BCUT2D eigenvalue weighted by Crippen LogP contribution is -2.28. The summed E-state index contributed by atoms with van der Waals surface area (Å²) in [7, 11) is 1.46. The predicted molar refractivity (Wildman–Crippen MR) is 95.6 cm³/mol. The minimum atomic E-state index is -0.731. The van der Waals surface area contributed by atoms with Gasteiger partial charge in [0, 0.05) is 6.08 Å². The number of carbonyl (C=O) groups excluding carboxylic acids is 2. The van der Waals surface area contributed by atoms with Crippen molar-refractivity contribution in [3.05, 3.63) is 83.8 Å². The molecule has 7 nitrogen and oxygen atoms in total. The van der Waals surface area contributed by atoms with Gasteiger partial charge in [0.25, 0.3) is 5.91 Å². The number of carbonyl (C=O) groups is 2. The molecule has 0 radical (unpaired) electrons. The van der Waals surface area contributed by atoms with Gasteiger partial charge in [0.05, 0.1) is 25.2 Å². The van der Waals surface area contributed by atoms with Crippen LogP contribution in [0.15, 0.2) is 75.6 Å². The number of ether oxygens (including phenoxy) is 2. The van der Waals surface area contributed by atoms with Gasteiger partial charge < -0.3 is 23.6 Å². The van der Waals surface area contributed by atoms with Gasteiger partial charge in [0.1, 0.15) is 29.6 Å². The van der Waals surface area contributed by atoms with E-state index >= 15 is 0 Å². The number of hydrogen-bond donors (Lipinski definition) is 1. The SMILES string of the molecule is COc1ccccc1C(=O)N/C(=C/c1ccco1)C(=O)OCc1ccco1. The molecular weight excluding hydrogens is 350 g/mol. The molecular formula is C20H17NO6. The molecule has 138 valence electrons. The van der Waals surface area contributed by atoms with Gasteiger partial charge in [-0.1, -0.05) is 12.1 Å². The third-order valence-corrected chi connectivity index (χ3v) is 3.58. The molecule has 0 aliphatic rings. The van der Waals surface area contributed by atoms with Crippen LogP contribution < -0.4 is 10.1 Å². The van der Waals surface area contributed by atoms with Crippen LogP contribution in [0.25, 0.3) is 6.08 Å². The third kappa shape index (κ3) is 4.66. The Balaban J connectivity index is 1.79. The highest BCUT2D eigenvalue weighted by atomic mass is 16.5. The molecule has 0 aliphatic carbocycles. The monoisotopic (exact) mass is 367 g/mol. The maximum absolute atomic E-state index is 12.6. The highest BCUT2D eigenvalue weighted by Gasteiger charge is 2.19. The summed E-state index contributed by atoms with van der Waals surface area (Å²) in [4.78, 5) is 25.1. The molecule has 7 heteroatoms. The summed E-state index contributed by atoms with van der Waals surface area (Å²) in [6.45, 7) is -0.0636. The van der Waals surface area contributed by atoms with E-state index in [1.807, 2.05) is 0 Å². The van der Waals surface area contributed by atoms with Crippen molar-refractivity contribution in [2.45, 2.75) is 6.61 Å². The quantitative estimate of drug-likeness (QED) is 0.508. The molecule has 1 aromatic carbocycles. The first kappa shape index (κ1) is 18.1. The first-order valence-electron chi connectivity index (χ1n) is 8.06. The van der Waals surface area contributed by atoms with Crippen LogP contribution in [-0.2, 0) is 16.1 Å². The molecule has 0 aliphatic heterocycles. The van der Waals surface area contributed by atoms with Crippen molar-refractivity contribution in [3.63, 3.8) is 0 Å². The topological polar surface area (TPSA) is 90.9 Å². The fraction of sp³-hybridized carbons (Fsp3) is 0.100. The lowest BCUT2D eigenvalue weighted by atomic mass is 10.2. The average molecular weight is 367 g/mol. The second-order valence-corrected chi connectivity index (χ2v) is 5.38. The van der Waals surface area contributed by atoms with Gasteiger partial charge >= 0.3 is 5.97 Å². The van der Waals surface area contributed by atoms with Crippen LogP contribution in [0.3, 0.4) is 0 Å². The maximum atomic E-state index is 12.6. The van der Waals surface area contributed by atoms with Gasteiger partial charge in [-0.2, -0.15) is 0 Å². The standard InChI is InChI=1S/C20H17NO6/c1-24-18-9-3-2-8-16(18)19(22)21-17(12-14-6-4-10-25-14)20(23)27-13-15-7-5-11-26-15/h2-12H,13H2,1H3,(H,21,22)/b17-12+. The van der Waals surface area contributed by atoms with Crippen molar-refractivity contribution in [2.75, 3.05) is 7.11 Å². The number of benzene rings is 1. The first-order chi connectivity index (χ1) is 13.2. The van der Waals surface area contributed by atoms with E-state index in [4.69, 9.17) is 18.3 Å². The summed E-state index contributed by atoms with van der Waals surface area (Å²) in [5, 5.41) is 2.55. The molecule has 2 aromatic heterocycles. The summed E-state index contributed by atoms with van der Waals surface area (Å²) in [6.07, 6.45) is 4.32. The fourth-order valence-corrected chi connectivity index (χ4v) is 2.29. The number of furan rings is 2. The van der Waals surface area contributed by atoms with Crippen molar-refractivity contribution >= 4 is 18.0 Å². The number of para-hydroxylation sites is 1. The molecule has 0 saturated carbocycles. The highest BCUT2D eigenvalue weighted by Crippen LogP contribution is 2.18. The Kier molecular flexibility index (Phi) is 5.73. The molecule has 3 aromatic rings. The summed E-state index contributed by atoms with van der Waals surface area (Å²) >= 11 is 0. The largest absolute Gasteiger partial charge is 0.496 e. The zero-order valence-electron chi connectivity index (χ0n) is 14.5. The third-order valence-electron chi connectivity index (χ3n) is 3.58. The normalized spacial score (nSPS) is 11.1. The zero-order chi connectivity index (χ0) is 19.1. The van der Waals surface area contributed by atoms with E-state index < -0.39 is 11.9 Å². The molecule has 0 saturated heterocycles. The number of esters is 1. The number of hydrogen-bond acceptors (Lipinski definition) is 6. The van der Waals surface area contributed by atoms with Crippen molar-refractivity contribution in [2.24, 2.45) is 0 Å². The van der Waals surface area contributed by atoms with E-state index in [0.717, 1.165) is 0 Å². The van der Waals surface area contributed by atoms with E-state index in [2.05, 4.69) is 5.32 Å². The van der Waals surface area contributed by atoms with Crippen LogP contribution in [0.2, 0.25) is 0 Å². The lowest BCUT2D eigenvalue weighted by Gasteiger charge is -2.11. The lowest BCUT2D eigenvalue weighted by molar-refractivity contribution is -0.141. The zero-order valence-corrected chi connectivity index (χ0v) is 14.5. The van der Waals surface area contributed by atoms with Gasteiger partial charge in [-0.05, 0) is 36.4 Å². The van der Waals surface area contributed by atoms with Crippen LogP contribution in [-0.4, -0.2) is 19.0 Å². The van der Waals surface area contributed by atoms with Crippen molar-refractivity contribution in [1.29, 1.82) is 0 Å². The minimum absolute atomic E-state index is 0.0636. The Morgan fingerprint density at radius 1 is 1.04 bits per heavy atom. The number of methoxy groups -OCH3 is 1. The molecule has 1 N–H and O–H groups in total. The number of rotatable bonds is 7. The van der Waals surface area contributed by atoms with Crippen LogP contribution in [0.5, 0.6) is 5.75 Å². The van der Waals surface area contributed by atoms with Crippen molar-refractivity contribution in [3.8, 4) is 5.75 Å². The Morgan fingerprint density at radius 3 is 2.52 bits per heavy atom. The molecule has 0 atom stereocenters. The number of nitrogens with one attached hydrogen (secondary N) is 1. The first-order valence-corrected chi connectivity index (χ1v) is 8.06. The molecule has 0 fully saturated rings. The predicted octanol–water partition coefficient (Wildman–Crippen LogP) is 3.40. The Bertz CT molecular complexity index is 925. The molecule has 0 bridgehead atoms. The van der Waals surface area contributed by atoms with Gasteiger partial charge in [0.2, 0.25) is 0 Å². The van der Waals surface area contributed by atoms with Crippen LogP contribution >= 0.6 is 0 Å². The average Bonchev–Trinajstić information content (AvgIpc) is 3.39. The molecule has 0 unspecified atom stereocenters. The maximum Gasteiger partial charge on any atom is 0.355 e. The molecule has 1 amide bonds. The number of amides is 1. The molecule has 2 heterocycles. The molecule has 27 heavy (non-hydrogen) atoms. The van der Waals surface area contributed by atoms with Crippen molar-refractivity contribution < 1.29 is 27.9 Å². The second kappa shape index (κ2) is 8.57. The van der Waals surface area contributed by atoms with Gasteiger partial charge in [-0.3, -0.25) is 4.79 Å². The summed E-state index contributed by atoms with van der Waals surface area (Å²) in [6, 6.07) is 13.4. The van der Waals surface area contributed by atoms with E-state index in [9.17, 15) is 9.59 Å². The van der Waals surface area contributed by atoms with Crippen LogP contribution in [0, 0.1) is 0 Å². The van der Waals surface area contributed by atoms with E-state index in [-0.39, 0.29) is 17.9 Å². The highest BCUT2D eigenvalue weighted by molar-refractivity contribution is 6.04. The molecule has 3 rings (SSSR count). The van der Waals surface area contributed by atoms with Gasteiger partial charge in [-0.15, -0.1) is 0 Å².